The van der Waals surface area contributed by atoms with Crippen molar-refractivity contribution in [1.82, 2.24) is 19.7 Å². The topological polar surface area (TPSA) is 64.2 Å². The van der Waals surface area contributed by atoms with Gasteiger partial charge in [0.05, 0.1) is 12.0 Å². The maximum absolute atomic E-state index is 12.7. The second-order valence-corrected chi connectivity index (χ2v) is 7.34. The number of carbonyl (C=O) groups is 1. The van der Waals surface area contributed by atoms with Crippen LogP contribution in [-0.2, 0) is 11.3 Å². The summed E-state index contributed by atoms with van der Waals surface area (Å²) in [6.45, 7) is 8.63. The van der Waals surface area contributed by atoms with Crippen molar-refractivity contribution in [3.05, 3.63) is 31.1 Å². The molecule has 6 nitrogen and oxygen atoms in total. The third-order valence-electron chi connectivity index (χ3n) is 4.58. The summed E-state index contributed by atoms with van der Waals surface area (Å²) >= 11 is 1.42. The molecule has 0 N–H and O–H groups in total. The Morgan fingerprint density at radius 2 is 2.16 bits per heavy atom. The van der Waals surface area contributed by atoms with E-state index in [9.17, 15) is 4.79 Å². The fraction of sp³-hybridized carbons (Fsp3) is 0.500. The summed E-state index contributed by atoms with van der Waals surface area (Å²) in [6, 6.07) is 4.28. The Morgan fingerprint density at radius 1 is 1.40 bits per heavy atom. The summed E-state index contributed by atoms with van der Waals surface area (Å²) in [5, 5.41) is 9.17. The predicted molar refractivity (Wildman–Crippen MR) is 98.3 cm³/mol. The van der Waals surface area contributed by atoms with Crippen LogP contribution in [0.15, 0.2) is 40.6 Å². The molecule has 2 aromatic rings. The summed E-state index contributed by atoms with van der Waals surface area (Å²) in [6.07, 6.45) is 6.75. The highest BCUT2D eigenvalue weighted by molar-refractivity contribution is 7.99. The van der Waals surface area contributed by atoms with Gasteiger partial charge >= 0.3 is 0 Å². The van der Waals surface area contributed by atoms with Crippen molar-refractivity contribution >= 4 is 17.7 Å². The number of aromatic nitrogens is 3. The van der Waals surface area contributed by atoms with Crippen LogP contribution in [-0.4, -0.2) is 43.4 Å². The molecule has 1 amide bonds. The maximum atomic E-state index is 12.7. The van der Waals surface area contributed by atoms with Crippen LogP contribution < -0.4 is 0 Å². The number of amides is 1. The largest absolute Gasteiger partial charge is 0.461 e. The first-order valence-electron chi connectivity index (χ1n) is 8.63. The van der Waals surface area contributed by atoms with E-state index in [4.69, 9.17) is 4.42 Å². The van der Waals surface area contributed by atoms with Crippen LogP contribution in [0, 0.1) is 0 Å². The van der Waals surface area contributed by atoms with Crippen molar-refractivity contribution in [2.45, 2.75) is 56.9 Å². The zero-order valence-electron chi connectivity index (χ0n) is 14.7. The SMILES string of the molecule is C=CCn1c(SCC(=O)N2C(C)CCCC2C)nnc1-c1ccco1. The van der Waals surface area contributed by atoms with E-state index < -0.39 is 0 Å². The average molecular weight is 360 g/mol. The lowest BCUT2D eigenvalue weighted by atomic mass is 9.98. The van der Waals surface area contributed by atoms with E-state index in [-0.39, 0.29) is 5.91 Å². The number of nitrogens with zero attached hydrogens (tertiary/aromatic N) is 4. The van der Waals surface area contributed by atoms with Crippen molar-refractivity contribution in [3.8, 4) is 11.6 Å². The Bertz CT molecular complexity index is 716. The minimum Gasteiger partial charge on any atom is -0.461 e. The normalized spacial score (nSPS) is 20.6. The number of piperidine rings is 1. The van der Waals surface area contributed by atoms with Crippen molar-refractivity contribution in [2.75, 3.05) is 5.75 Å². The molecule has 2 aromatic heterocycles. The molecular weight excluding hydrogens is 336 g/mol. The number of allylic oxidation sites excluding steroid dienone is 1. The van der Waals surface area contributed by atoms with Crippen molar-refractivity contribution in [1.29, 1.82) is 0 Å². The molecule has 1 aliphatic heterocycles. The van der Waals surface area contributed by atoms with Gasteiger partial charge in [0.2, 0.25) is 11.7 Å². The number of hydrogen-bond acceptors (Lipinski definition) is 5. The van der Waals surface area contributed by atoms with Crippen LogP contribution in [0.4, 0.5) is 0 Å². The van der Waals surface area contributed by atoms with Crippen LogP contribution in [0.1, 0.15) is 33.1 Å². The fourth-order valence-corrected chi connectivity index (χ4v) is 4.21. The van der Waals surface area contributed by atoms with Crippen molar-refractivity contribution < 1.29 is 9.21 Å². The van der Waals surface area contributed by atoms with E-state index in [1.54, 1.807) is 12.3 Å². The lowest BCUT2D eigenvalue weighted by Gasteiger charge is -2.39. The number of carbonyl (C=O) groups excluding carboxylic acids is 1. The Morgan fingerprint density at radius 3 is 2.80 bits per heavy atom. The summed E-state index contributed by atoms with van der Waals surface area (Å²) in [5.41, 5.74) is 0. The van der Waals surface area contributed by atoms with Gasteiger partial charge in [-0.3, -0.25) is 9.36 Å². The van der Waals surface area contributed by atoms with Crippen molar-refractivity contribution in [3.63, 3.8) is 0 Å². The highest BCUT2D eigenvalue weighted by atomic mass is 32.2. The van der Waals surface area contributed by atoms with Crippen LogP contribution in [0.3, 0.4) is 0 Å². The third kappa shape index (κ3) is 3.81. The highest BCUT2D eigenvalue weighted by Gasteiger charge is 2.29. The van der Waals surface area contributed by atoms with Gasteiger partial charge in [0.1, 0.15) is 0 Å². The smallest absolute Gasteiger partial charge is 0.233 e. The third-order valence-corrected chi connectivity index (χ3v) is 5.53. The predicted octanol–water partition coefficient (Wildman–Crippen LogP) is 3.61. The van der Waals surface area contributed by atoms with Crippen LogP contribution in [0.5, 0.6) is 0 Å². The highest BCUT2D eigenvalue weighted by Crippen LogP contribution is 2.27. The first-order chi connectivity index (χ1) is 12.1. The molecule has 3 rings (SSSR count). The molecule has 1 aliphatic rings. The molecule has 0 aliphatic carbocycles. The summed E-state index contributed by atoms with van der Waals surface area (Å²) in [7, 11) is 0. The minimum atomic E-state index is 0.164. The zero-order valence-corrected chi connectivity index (χ0v) is 15.5. The van der Waals surface area contributed by atoms with E-state index in [2.05, 4.69) is 30.6 Å². The minimum absolute atomic E-state index is 0.164. The van der Waals surface area contributed by atoms with Gasteiger partial charge in [-0.15, -0.1) is 16.8 Å². The lowest BCUT2D eigenvalue weighted by Crippen LogP contribution is -2.48. The molecule has 0 saturated carbocycles. The van der Waals surface area contributed by atoms with Gasteiger partial charge in [-0.2, -0.15) is 0 Å². The van der Waals surface area contributed by atoms with Crippen LogP contribution in [0.25, 0.3) is 11.6 Å². The van der Waals surface area contributed by atoms with Gasteiger partial charge < -0.3 is 9.32 Å². The van der Waals surface area contributed by atoms with Gasteiger partial charge in [0.15, 0.2) is 10.9 Å². The monoisotopic (exact) mass is 360 g/mol. The molecule has 25 heavy (non-hydrogen) atoms. The van der Waals surface area contributed by atoms with E-state index in [1.165, 1.54) is 18.2 Å². The first-order valence-corrected chi connectivity index (χ1v) is 9.62. The lowest BCUT2D eigenvalue weighted by molar-refractivity contribution is -0.134. The second kappa shape index (κ2) is 7.91. The number of hydrogen-bond donors (Lipinski definition) is 0. The molecule has 7 heteroatoms. The average Bonchev–Trinajstić information content (AvgIpc) is 3.23. The van der Waals surface area contributed by atoms with Gasteiger partial charge in [-0.05, 0) is 45.2 Å². The number of rotatable bonds is 6. The van der Waals surface area contributed by atoms with E-state index >= 15 is 0 Å². The Balaban J connectivity index is 1.72. The summed E-state index contributed by atoms with van der Waals surface area (Å²) in [5.74, 6) is 1.84. The van der Waals surface area contributed by atoms with E-state index in [1.807, 2.05) is 21.6 Å². The molecule has 0 aromatic carbocycles. The number of likely N-dealkylation sites (tertiary alicyclic amines) is 1. The van der Waals surface area contributed by atoms with Gasteiger partial charge in [-0.25, -0.2) is 0 Å². The molecule has 0 spiro atoms. The Labute approximate surface area is 152 Å². The van der Waals surface area contributed by atoms with Crippen molar-refractivity contribution in [2.24, 2.45) is 0 Å². The molecule has 134 valence electrons. The molecule has 0 radical (unpaired) electrons. The van der Waals surface area contributed by atoms with E-state index in [0.29, 0.717) is 41.1 Å². The van der Waals surface area contributed by atoms with Crippen LogP contribution in [0.2, 0.25) is 0 Å². The molecular formula is C18H24N4O2S. The standard InChI is InChI=1S/C18H24N4O2S/c1-4-10-21-17(15-9-6-11-24-15)19-20-18(21)25-12-16(23)22-13(2)7-5-8-14(22)3/h4,6,9,11,13-14H,1,5,7-8,10,12H2,2-3H3. The quantitative estimate of drug-likeness (QED) is 0.582. The van der Waals surface area contributed by atoms with E-state index in [0.717, 1.165) is 12.8 Å². The number of thioether (sulfide) groups is 1. The molecule has 3 heterocycles. The Hall–Kier alpha value is -2.02. The molecule has 1 fully saturated rings. The van der Waals surface area contributed by atoms with Gasteiger partial charge in [0, 0.05) is 18.6 Å². The second-order valence-electron chi connectivity index (χ2n) is 6.40. The molecule has 2 unspecified atom stereocenters. The number of furan rings is 1. The summed E-state index contributed by atoms with van der Waals surface area (Å²) < 4.78 is 7.35. The Kier molecular flexibility index (Phi) is 5.63. The first kappa shape index (κ1) is 17.8. The molecule has 0 bridgehead atoms. The molecule has 2 atom stereocenters. The zero-order chi connectivity index (χ0) is 17.8. The van der Waals surface area contributed by atoms with Crippen LogP contribution >= 0.6 is 11.8 Å². The van der Waals surface area contributed by atoms with Gasteiger partial charge in [-0.1, -0.05) is 17.8 Å². The van der Waals surface area contributed by atoms with Gasteiger partial charge in [0.25, 0.3) is 0 Å². The molecule has 1 saturated heterocycles. The maximum Gasteiger partial charge on any atom is 0.233 e. The fourth-order valence-electron chi connectivity index (χ4n) is 3.39. The summed E-state index contributed by atoms with van der Waals surface area (Å²) in [4.78, 5) is 14.7.